The summed E-state index contributed by atoms with van der Waals surface area (Å²) >= 11 is 0. The number of ether oxygens (including phenoxy) is 2. The molecule has 2 aromatic rings. The van der Waals surface area contributed by atoms with Crippen molar-refractivity contribution in [1.29, 1.82) is 0 Å². The predicted molar refractivity (Wildman–Crippen MR) is 89.2 cm³/mol. The monoisotopic (exact) mass is 345 g/mol. The van der Waals surface area contributed by atoms with E-state index in [2.05, 4.69) is 5.32 Å². The smallest absolute Gasteiger partial charge is 0.299 e. The zero-order valence-electron chi connectivity index (χ0n) is 13.3. The molecule has 0 amide bonds. The fraction of sp³-hybridized carbons (Fsp3) is 0.250. The average Bonchev–Trinajstić information content (AvgIpc) is 2.61. The van der Waals surface area contributed by atoms with Crippen LogP contribution in [-0.2, 0) is 0 Å². The van der Waals surface area contributed by atoms with Gasteiger partial charge >= 0.3 is 0 Å². The summed E-state index contributed by atoms with van der Waals surface area (Å²) in [5, 5.41) is 25.0. The Kier molecular flexibility index (Phi) is 4.38. The number of nitro benzene ring substituents is 2. The Balaban J connectivity index is 1.86. The molecule has 130 valence electrons. The summed E-state index contributed by atoms with van der Waals surface area (Å²) in [5.74, 6) is 1.28. The maximum absolute atomic E-state index is 11.2. The van der Waals surface area contributed by atoms with Gasteiger partial charge in [0.1, 0.15) is 18.9 Å². The summed E-state index contributed by atoms with van der Waals surface area (Å²) in [7, 11) is 0. The van der Waals surface area contributed by atoms with Crippen molar-refractivity contribution in [2.75, 3.05) is 18.5 Å². The Labute approximate surface area is 142 Å². The van der Waals surface area contributed by atoms with Gasteiger partial charge in [-0.25, -0.2) is 0 Å². The lowest BCUT2D eigenvalue weighted by atomic mass is 10.1. The molecule has 25 heavy (non-hydrogen) atoms. The Bertz CT molecular complexity index is 839. The maximum atomic E-state index is 11.2. The van der Waals surface area contributed by atoms with Crippen LogP contribution < -0.4 is 14.8 Å². The van der Waals surface area contributed by atoms with Gasteiger partial charge in [0.2, 0.25) is 0 Å². The Morgan fingerprint density at radius 1 is 1.00 bits per heavy atom. The molecule has 0 aliphatic carbocycles. The molecular formula is C16H15N3O6. The van der Waals surface area contributed by atoms with Gasteiger partial charge in [0.25, 0.3) is 11.4 Å². The number of hydrogen-bond donors (Lipinski definition) is 1. The van der Waals surface area contributed by atoms with Crippen LogP contribution in [0.2, 0.25) is 0 Å². The van der Waals surface area contributed by atoms with Gasteiger partial charge < -0.3 is 14.8 Å². The molecule has 0 radical (unpaired) electrons. The number of hydrogen-bond acceptors (Lipinski definition) is 7. The number of nitrogens with one attached hydrogen (secondary N) is 1. The summed E-state index contributed by atoms with van der Waals surface area (Å²) in [6.07, 6.45) is 0. The lowest BCUT2D eigenvalue weighted by Gasteiger charge is -2.21. The van der Waals surface area contributed by atoms with Crippen molar-refractivity contribution in [2.45, 2.75) is 13.0 Å². The van der Waals surface area contributed by atoms with E-state index in [1.165, 1.54) is 12.1 Å². The minimum absolute atomic E-state index is 0.206. The Hall–Kier alpha value is -3.36. The van der Waals surface area contributed by atoms with Crippen molar-refractivity contribution in [3.8, 4) is 11.5 Å². The number of fused-ring (bicyclic) bond motifs is 1. The van der Waals surface area contributed by atoms with Crippen LogP contribution in [0.3, 0.4) is 0 Å². The van der Waals surface area contributed by atoms with Gasteiger partial charge in [-0.05, 0) is 30.7 Å². The summed E-state index contributed by atoms with van der Waals surface area (Å²) in [4.78, 5) is 20.7. The molecule has 9 nitrogen and oxygen atoms in total. The Morgan fingerprint density at radius 3 is 2.40 bits per heavy atom. The molecule has 3 rings (SSSR count). The van der Waals surface area contributed by atoms with Crippen molar-refractivity contribution >= 4 is 17.1 Å². The van der Waals surface area contributed by atoms with Crippen molar-refractivity contribution < 1.29 is 19.3 Å². The van der Waals surface area contributed by atoms with Gasteiger partial charge in [-0.3, -0.25) is 20.2 Å². The van der Waals surface area contributed by atoms with E-state index in [0.717, 1.165) is 11.6 Å². The molecule has 0 bridgehead atoms. The van der Waals surface area contributed by atoms with Gasteiger partial charge in [-0.2, -0.15) is 0 Å². The second kappa shape index (κ2) is 6.63. The minimum Gasteiger partial charge on any atom is -0.486 e. The molecule has 2 aromatic carbocycles. The first-order valence-electron chi connectivity index (χ1n) is 7.54. The molecule has 0 aromatic heterocycles. The lowest BCUT2D eigenvalue weighted by molar-refractivity contribution is -0.393. The molecule has 0 unspecified atom stereocenters. The molecule has 1 heterocycles. The summed E-state index contributed by atoms with van der Waals surface area (Å²) in [6, 6.07) is 8.66. The van der Waals surface area contributed by atoms with Crippen molar-refractivity contribution in [3.63, 3.8) is 0 Å². The summed E-state index contributed by atoms with van der Waals surface area (Å²) in [5.41, 5.74) is 0.373. The SMILES string of the molecule is C[C@H](Nc1ccc([N+](=O)[O-])cc1[N+](=O)[O-])c1ccc2c(c1)OCCO2. The highest BCUT2D eigenvalue weighted by Crippen LogP contribution is 2.35. The number of nitro groups is 2. The standard InChI is InChI=1S/C16H15N3O6/c1-10(11-2-5-15-16(8-11)25-7-6-24-15)17-13-4-3-12(18(20)21)9-14(13)19(22)23/h2-5,8-10,17H,6-7H2,1H3/t10-/m0/s1. The number of nitrogens with zero attached hydrogens (tertiary/aromatic N) is 2. The summed E-state index contributed by atoms with van der Waals surface area (Å²) < 4.78 is 11.0. The topological polar surface area (TPSA) is 117 Å². The third-order valence-corrected chi connectivity index (χ3v) is 3.83. The van der Waals surface area contributed by atoms with Crippen LogP contribution in [0.5, 0.6) is 11.5 Å². The first-order chi connectivity index (χ1) is 12.0. The first kappa shape index (κ1) is 16.5. The van der Waals surface area contributed by atoms with Crippen LogP contribution in [0, 0.1) is 20.2 Å². The third kappa shape index (κ3) is 3.44. The fourth-order valence-electron chi connectivity index (χ4n) is 2.55. The Morgan fingerprint density at radius 2 is 1.72 bits per heavy atom. The van der Waals surface area contributed by atoms with E-state index in [9.17, 15) is 20.2 Å². The van der Waals surface area contributed by atoms with Crippen LogP contribution in [-0.4, -0.2) is 23.1 Å². The quantitative estimate of drug-likeness (QED) is 0.651. The highest BCUT2D eigenvalue weighted by atomic mass is 16.6. The van der Waals surface area contributed by atoms with Crippen LogP contribution in [0.1, 0.15) is 18.5 Å². The fourth-order valence-corrected chi connectivity index (χ4v) is 2.55. The van der Waals surface area contributed by atoms with E-state index in [4.69, 9.17) is 9.47 Å². The zero-order chi connectivity index (χ0) is 18.0. The normalized spacial score (nSPS) is 13.8. The van der Waals surface area contributed by atoms with Gasteiger partial charge in [-0.1, -0.05) is 6.07 Å². The number of anilines is 1. The lowest BCUT2D eigenvalue weighted by Crippen LogP contribution is -2.16. The molecule has 1 N–H and O–H groups in total. The second-order valence-corrected chi connectivity index (χ2v) is 5.48. The van der Waals surface area contributed by atoms with Crippen molar-refractivity contribution in [3.05, 3.63) is 62.2 Å². The highest BCUT2D eigenvalue weighted by molar-refractivity contribution is 5.66. The molecule has 1 atom stereocenters. The van der Waals surface area contributed by atoms with E-state index >= 15 is 0 Å². The molecule has 0 saturated carbocycles. The largest absolute Gasteiger partial charge is 0.486 e. The number of benzene rings is 2. The van der Waals surface area contributed by atoms with Crippen LogP contribution in [0.4, 0.5) is 17.1 Å². The van der Waals surface area contributed by atoms with E-state index in [1.54, 1.807) is 6.07 Å². The molecule has 0 spiro atoms. The molecule has 0 fully saturated rings. The molecule has 0 saturated heterocycles. The summed E-state index contributed by atoms with van der Waals surface area (Å²) in [6.45, 7) is 2.79. The van der Waals surface area contributed by atoms with E-state index in [1.807, 2.05) is 19.1 Å². The van der Waals surface area contributed by atoms with E-state index < -0.39 is 9.85 Å². The van der Waals surface area contributed by atoms with Crippen LogP contribution >= 0.6 is 0 Å². The van der Waals surface area contributed by atoms with E-state index in [-0.39, 0.29) is 23.1 Å². The van der Waals surface area contributed by atoms with Gasteiger partial charge in [-0.15, -0.1) is 0 Å². The van der Waals surface area contributed by atoms with Crippen LogP contribution in [0.15, 0.2) is 36.4 Å². The molecular weight excluding hydrogens is 330 g/mol. The molecule has 1 aliphatic heterocycles. The zero-order valence-corrected chi connectivity index (χ0v) is 13.3. The van der Waals surface area contributed by atoms with Crippen molar-refractivity contribution in [1.82, 2.24) is 0 Å². The van der Waals surface area contributed by atoms with Gasteiger partial charge in [0.05, 0.1) is 15.9 Å². The maximum Gasteiger partial charge on any atom is 0.299 e. The molecule has 1 aliphatic rings. The predicted octanol–water partition coefficient (Wildman–Crippen LogP) is 3.45. The first-order valence-corrected chi connectivity index (χ1v) is 7.54. The second-order valence-electron chi connectivity index (χ2n) is 5.48. The average molecular weight is 345 g/mol. The number of non-ortho nitro benzene ring substituents is 1. The molecule has 9 heteroatoms. The van der Waals surface area contributed by atoms with Crippen LogP contribution in [0.25, 0.3) is 0 Å². The van der Waals surface area contributed by atoms with Gasteiger partial charge in [0.15, 0.2) is 11.5 Å². The number of rotatable bonds is 5. The third-order valence-electron chi connectivity index (χ3n) is 3.83. The highest BCUT2D eigenvalue weighted by Gasteiger charge is 2.21. The van der Waals surface area contributed by atoms with E-state index in [0.29, 0.717) is 24.7 Å². The van der Waals surface area contributed by atoms with Gasteiger partial charge in [0, 0.05) is 12.1 Å². The minimum atomic E-state index is -0.666. The van der Waals surface area contributed by atoms with Crippen molar-refractivity contribution in [2.24, 2.45) is 0 Å².